The summed E-state index contributed by atoms with van der Waals surface area (Å²) in [4.78, 5) is 25.6. The number of hydrogen-bond donors (Lipinski definition) is 1. The van der Waals surface area contributed by atoms with E-state index in [1.807, 2.05) is 0 Å². The van der Waals surface area contributed by atoms with Gasteiger partial charge in [0.1, 0.15) is 34.2 Å². The van der Waals surface area contributed by atoms with Crippen LogP contribution in [0.5, 0.6) is 0 Å². The number of carbonyl (C=O) groups is 2. The molecule has 0 aliphatic carbocycles. The van der Waals surface area contributed by atoms with Crippen LogP contribution in [0.4, 0.5) is 22.8 Å². The molecule has 1 aromatic rings. The lowest BCUT2D eigenvalue weighted by atomic mass is 9.81. The summed E-state index contributed by atoms with van der Waals surface area (Å²) >= 11 is 0. The van der Waals surface area contributed by atoms with Crippen molar-refractivity contribution < 1.29 is 32.2 Å². The zero-order chi connectivity index (χ0) is 21.5. The smallest absolute Gasteiger partial charge is 0.410 e. The van der Waals surface area contributed by atoms with Gasteiger partial charge < -0.3 is 19.7 Å². The first-order valence-corrected chi connectivity index (χ1v) is 8.76. The van der Waals surface area contributed by atoms with E-state index in [0.29, 0.717) is 12.1 Å². The molecule has 9 heteroatoms. The molecule has 1 aromatic carbocycles. The van der Waals surface area contributed by atoms with Crippen LogP contribution in [0.3, 0.4) is 0 Å². The third kappa shape index (κ3) is 5.08. The number of halogens is 3. The molecule has 0 bridgehead atoms. The van der Waals surface area contributed by atoms with Crippen molar-refractivity contribution in [2.45, 2.75) is 58.3 Å². The van der Waals surface area contributed by atoms with Gasteiger partial charge in [-0.3, -0.25) is 0 Å². The van der Waals surface area contributed by atoms with Gasteiger partial charge in [0, 0.05) is 12.1 Å². The summed E-state index contributed by atoms with van der Waals surface area (Å²) in [5.41, 5.74) is -3.76. The fourth-order valence-corrected chi connectivity index (χ4v) is 2.86. The van der Waals surface area contributed by atoms with Gasteiger partial charge in [0.15, 0.2) is 0 Å². The summed E-state index contributed by atoms with van der Waals surface area (Å²) < 4.78 is 52.5. The van der Waals surface area contributed by atoms with Gasteiger partial charge in [-0.15, -0.1) is 0 Å². The van der Waals surface area contributed by atoms with Gasteiger partial charge in [-0.05, 0) is 41.5 Å². The Morgan fingerprint density at radius 3 is 1.86 bits per heavy atom. The lowest BCUT2D eigenvalue weighted by molar-refractivity contribution is -0.0247. The van der Waals surface area contributed by atoms with Crippen molar-refractivity contribution in [2.24, 2.45) is 0 Å². The minimum absolute atomic E-state index is 0.263. The maximum Gasteiger partial charge on any atom is 0.410 e. The first-order valence-electron chi connectivity index (χ1n) is 8.76. The number of likely N-dealkylation sites (tertiary alicyclic amines) is 1. The third-order valence-electron chi connectivity index (χ3n) is 3.80. The van der Waals surface area contributed by atoms with E-state index in [1.165, 1.54) is 4.90 Å². The monoisotopic (exact) mass is 402 g/mol. The Labute approximate surface area is 162 Å². The van der Waals surface area contributed by atoms with E-state index in [0.717, 1.165) is 0 Å². The van der Waals surface area contributed by atoms with Gasteiger partial charge in [-0.25, -0.2) is 22.8 Å². The van der Waals surface area contributed by atoms with Crippen molar-refractivity contribution in [1.82, 2.24) is 10.2 Å². The molecular weight excluding hydrogens is 377 g/mol. The molecule has 0 atom stereocenters. The standard InChI is InChI=1S/C19H25F3N2O4/c1-17(2,3)27-15(25)23-19(14-12(21)7-11(20)8-13(14)22)9-24(10-19)16(26)28-18(4,5)6/h7-8H,9-10H2,1-6H3,(H,23,25). The molecule has 1 heterocycles. The summed E-state index contributed by atoms with van der Waals surface area (Å²) in [5.74, 6) is -3.43. The van der Waals surface area contributed by atoms with Crippen molar-refractivity contribution >= 4 is 12.2 Å². The second kappa shape index (κ2) is 7.18. The predicted octanol–water partition coefficient (Wildman–Crippen LogP) is 4.07. The number of amides is 2. The van der Waals surface area contributed by atoms with Gasteiger partial charge in [0.2, 0.25) is 0 Å². The molecule has 0 saturated carbocycles. The normalized spacial score (nSPS) is 16.2. The van der Waals surface area contributed by atoms with Crippen molar-refractivity contribution in [2.75, 3.05) is 13.1 Å². The number of benzene rings is 1. The third-order valence-corrected chi connectivity index (χ3v) is 3.80. The molecule has 0 radical (unpaired) electrons. The fourth-order valence-electron chi connectivity index (χ4n) is 2.86. The topological polar surface area (TPSA) is 67.9 Å². The highest BCUT2D eigenvalue weighted by Crippen LogP contribution is 2.37. The van der Waals surface area contributed by atoms with Gasteiger partial charge in [0.05, 0.1) is 18.7 Å². The molecule has 6 nitrogen and oxygen atoms in total. The van der Waals surface area contributed by atoms with Gasteiger partial charge in [0.25, 0.3) is 0 Å². The number of ether oxygens (including phenoxy) is 2. The Bertz CT molecular complexity index is 755. The average Bonchev–Trinajstić information content (AvgIpc) is 2.37. The summed E-state index contributed by atoms with van der Waals surface area (Å²) in [6.07, 6.45) is -1.61. The van der Waals surface area contributed by atoms with E-state index in [9.17, 15) is 22.8 Å². The van der Waals surface area contributed by atoms with Crippen LogP contribution < -0.4 is 5.32 Å². The largest absolute Gasteiger partial charge is 0.444 e. The predicted molar refractivity (Wildman–Crippen MR) is 95.2 cm³/mol. The van der Waals surface area contributed by atoms with Crippen LogP contribution in [0, 0.1) is 17.5 Å². The van der Waals surface area contributed by atoms with Crippen molar-refractivity contribution in [1.29, 1.82) is 0 Å². The summed E-state index contributed by atoms with van der Waals surface area (Å²) in [7, 11) is 0. The maximum atomic E-state index is 14.4. The summed E-state index contributed by atoms with van der Waals surface area (Å²) in [6.45, 7) is 9.40. The highest BCUT2D eigenvalue weighted by atomic mass is 19.1. The Balaban J connectivity index is 2.32. The van der Waals surface area contributed by atoms with Crippen LogP contribution in [-0.4, -0.2) is 41.4 Å². The molecule has 156 valence electrons. The van der Waals surface area contributed by atoms with Crippen LogP contribution in [0.2, 0.25) is 0 Å². The molecule has 0 unspecified atom stereocenters. The number of carbonyl (C=O) groups excluding carboxylic acids is 2. The SMILES string of the molecule is CC(C)(C)OC(=O)NC1(c2c(F)cc(F)cc2F)CN(C(=O)OC(C)(C)C)C1. The van der Waals surface area contributed by atoms with E-state index in [4.69, 9.17) is 9.47 Å². The minimum Gasteiger partial charge on any atom is -0.444 e. The van der Waals surface area contributed by atoms with Crippen LogP contribution in [-0.2, 0) is 15.0 Å². The molecule has 2 amide bonds. The van der Waals surface area contributed by atoms with Gasteiger partial charge in [-0.2, -0.15) is 0 Å². The van der Waals surface area contributed by atoms with Gasteiger partial charge in [-0.1, -0.05) is 0 Å². The van der Waals surface area contributed by atoms with E-state index >= 15 is 0 Å². The molecular formula is C19H25F3N2O4. The zero-order valence-electron chi connectivity index (χ0n) is 16.8. The van der Waals surface area contributed by atoms with Crippen LogP contribution in [0.25, 0.3) is 0 Å². The van der Waals surface area contributed by atoms with E-state index in [1.54, 1.807) is 41.5 Å². The minimum atomic E-state index is -1.61. The quantitative estimate of drug-likeness (QED) is 0.810. The Kier molecular flexibility index (Phi) is 5.60. The first-order chi connectivity index (χ1) is 12.6. The lowest BCUT2D eigenvalue weighted by Gasteiger charge is -2.50. The molecule has 1 N–H and O–H groups in total. The van der Waals surface area contributed by atoms with Crippen LogP contribution in [0.15, 0.2) is 12.1 Å². The number of nitrogens with one attached hydrogen (secondary N) is 1. The van der Waals surface area contributed by atoms with Crippen molar-refractivity contribution in [3.63, 3.8) is 0 Å². The van der Waals surface area contributed by atoms with Crippen LogP contribution in [0.1, 0.15) is 47.1 Å². The number of rotatable bonds is 2. The maximum absolute atomic E-state index is 14.4. The number of hydrogen-bond acceptors (Lipinski definition) is 4. The molecule has 1 fully saturated rings. The zero-order valence-corrected chi connectivity index (χ0v) is 16.8. The Morgan fingerprint density at radius 1 is 0.964 bits per heavy atom. The number of nitrogens with zero attached hydrogens (tertiary/aromatic N) is 1. The Morgan fingerprint density at radius 2 is 1.43 bits per heavy atom. The second-order valence-corrected chi connectivity index (χ2v) is 8.79. The number of alkyl carbamates (subject to hydrolysis) is 1. The molecule has 1 aliphatic heterocycles. The van der Waals surface area contributed by atoms with E-state index < -0.39 is 51.9 Å². The highest BCUT2D eigenvalue weighted by Gasteiger charge is 2.52. The molecule has 2 rings (SSSR count). The molecule has 28 heavy (non-hydrogen) atoms. The average molecular weight is 402 g/mol. The second-order valence-electron chi connectivity index (χ2n) is 8.79. The first kappa shape index (κ1) is 21.8. The van der Waals surface area contributed by atoms with Gasteiger partial charge >= 0.3 is 12.2 Å². The molecule has 0 spiro atoms. The molecule has 1 aliphatic rings. The summed E-state index contributed by atoms with van der Waals surface area (Å²) in [6, 6.07) is 1.04. The van der Waals surface area contributed by atoms with E-state index in [2.05, 4.69) is 5.32 Å². The van der Waals surface area contributed by atoms with Crippen molar-refractivity contribution in [3.8, 4) is 0 Å². The fraction of sp³-hybridized carbons (Fsp3) is 0.579. The highest BCUT2D eigenvalue weighted by molar-refractivity contribution is 5.73. The van der Waals surface area contributed by atoms with Crippen LogP contribution >= 0.6 is 0 Å². The summed E-state index contributed by atoms with van der Waals surface area (Å²) in [5, 5.41) is 2.44. The van der Waals surface area contributed by atoms with E-state index in [-0.39, 0.29) is 13.1 Å². The molecule has 1 saturated heterocycles. The Hall–Kier alpha value is -2.45. The van der Waals surface area contributed by atoms with Crippen molar-refractivity contribution in [3.05, 3.63) is 35.1 Å². The lowest BCUT2D eigenvalue weighted by Crippen LogP contribution is -2.70. The molecule has 0 aromatic heterocycles.